The molecule has 1 radical (unpaired) electrons. The molecule has 2 aliphatic rings. The molecule has 3 rings (SSSR count). The Morgan fingerprint density at radius 2 is 1.14 bits per heavy atom. The molecule has 0 bridgehead atoms. The molecular formula is C19H27Cl3N3NdO2. The molecule has 28 heavy (non-hydrogen) atoms. The van der Waals surface area contributed by atoms with Gasteiger partial charge in [0.15, 0.2) is 0 Å². The second-order valence-corrected chi connectivity index (χ2v) is 7.84. The first-order chi connectivity index (χ1) is 11.2. The van der Waals surface area contributed by atoms with Crippen LogP contribution in [0, 0.1) is 52.7 Å². The van der Waals surface area contributed by atoms with Gasteiger partial charge in [0.1, 0.15) is 24.6 Å². The normalized spacial score (nSPS) is 25.3. The van der Waals surface area contributed by atoms with E-state index < -0.39 is 0 Å². The minimum absolute atomic E-state index is 0. The summed E-state index contributed by atoms with van der Waals surface area (Å²) >= 11 is 0. The Bertz CT molecular complexity index is 660. The summed E-state index contributed by atoms with van der Waals surface area (Å²) in [6, 6.07) is 5.79. The number of nitrogens with zero attached hydrogens (tertiary/aromatic N) is 3. The fraction of sp³-hybridized carbons (Fsp3) is 0.632. The van der Waals surface area contributed by atoms with Crippen molar-refractivity contribution < 1.29 is 87.5 Å². The number of ether oxygens (including phenoxy) is 2. The van der Waals surface area contributed by atoms with Gasteiger partial charge in [-0.05, 0) is 37.8 Å². The third kappa shape index (κ3) is 6.16. The fourth-order valence-electron chi connectivity index (χ4n) is 2.55. The number of rotatable bonds is 4. The van der Waals surface area contributed by atoms with Crippen LogP contribution in [0.1, 0.15) is 52.9 Å². The third-order valence-electron chi connectivity index (χ3n) is 5.39. The number of halogens is 3. The van der Waals surface area contributed by atoms with Gasteiger partial charge in [-0.3, -0.25) is 0 Å². The van der Waals surface area contributed by atoms with E-state index in [-0.39, 0.29) is 89.1 Å². The molecule has 0 N–H and O–H groups in total. The van der Waals surface area contributed by atoms with E-state index in [0.29, 0.717) is 36.8 Å². The van der Waals surface area contributed by atoms with Crippen molar-refractivity contribution >= 4 is 11.8 Å². The number of aliphatic imine (C=N–C) groups is 2. The summed E-state index contributed by atoms with van der Waals surface area (Å²) < 4.78 is 11.6. The largest absolute Gasteiger partial charge is 3.00 e. The summed E-state index contributed by atoms with van der Waals surface area (Å²) in [6.07, 6.45) is 0. The van der Waals surface area contributed by atoms with Crippen LogP contribution in [-0.4, -0.2) is 41.1 Å². The Labute approximate surface area is 219 Å². The molecule has 0 spiro atoms. The zero-order valence-corrected chi connectivity index (χ0v) is 22.6. The Balaban J connectivity index is 0. The van der Waals surface area contributed by atoms with Gasteiger partial charge in [-0.25, -0.2) is 15.0 Å². The number of pyridine rings is 1. The van der Waals surface area contributed by atoms with E-state index in [2.05, 4.69) is 46.5 Å². The molecule has 0 saturated heterocycles. The fourth-order valence-corrected chi connectivity index (χ4v) is 2.55. The number of hydrogen-bond acceptors (Lipinski definition) is 5. The van der Waals surface area contributed by atoms with E-state index in [1.54, 1.807) is 0 Å². The van der Waals surface area contributed by atoms with Gasteiger partial charge in [0.2, 0.25) is 11.8 Å². The molecule has 3 heterocycles. The summed E-state index contributed by atoms with van der Waals surface area (Å²) in [7, 11) is 0. The van der Waals surface area contributed by atoms with Crippen molar-refractivity contribution in [2.45, 2.75) is 52.6 Å². The van der Waals surface area contributed by atoms with Gasteiger partial charge >= 0.3 is 40.8 Å². The summed E-state index contributed by atoms with van der Waals surface area (Å²) in [6.45, 7) is 14.1. The predicted octanol–water partition coefficient (Wildman–Crippen LogP) is -5.52. The summed E-state index contributed by atoms with van der Waals surface area (Å²) in [5, 5.41) is 0. The van der Waals surface area contributed by atoms with Crippen LogP contribution in [0.3, 0.4) is 0 Å². The quantitative estimate of drug-likeness (QED) is 0.358. The first-order valence-electron chi connectivity index (χ1n) is 8.67. The van der Waals surface area contributed by atoms with Crippen LogP contribution < -0.4 is 37.2 Å². The molecule has 0 aromatic carbocycles. The van der Waals surface area contributed by atoms with E-state index >= 15 is 0 Å². The van der Waals surface area contributed by atoms with E-state index in [4.69, 9.17) is 19.5 Å². The summed E-state index contributed by atoms with van der Waals surface area (Å²) in [5.41, 5.74) is 1.09. The molecule has 1 aromatic rings. The van der Waals surface area contributed by atoms with Gasteiger partial charge in [-0.2, -0.15) is 0 Å². The Kier molecular flexibility index (Phi) is 12.7. The SMILES string of the molecule is CC(C)[C@@]1(C)COC(c2cccc(C3=N[C@@](C)(C(C)C)CO3)n2)=N1.[Cl-].[Cl-].[Cl-].[Nd+3]. The molecule has 0 unspecified atom stereocenters. The standard InChI is InChI=1S/C19H27N3O2.3ClH.Nd/c1-12(2)18(5)10-23-16(21-18)14-8-7-9-15(20-14)17-22-19(6,11-24-17)13(3)4;;;;/h7-9,12-13H,10-11H2,1-6H3;3*1H;/q;;;;+3/p-3/t18-,19-;;;;/m1..../s1. The molecule has 0 amide bonds. The van der Waals surface area contributed by atoms with Crippen LogP contribution in [0.2, 0.25) is 0 Å². The molecule has 0 fully saturated rings. The van der Waals surface area contributed by atoms with E-state index in [1.165, 1.54) is 0 Å². The Hall–Kier alpha value is 0.311. The summed E-state index contributed by atoms with van der Waals surface area (Å²) in [4.78, 5) is 14.2. The van der Waals surface area contributed by atoms with Gasteiger partial charge in [-0.15, -0.1) is 0 Å². The van der Waals surface area contributed by atoms with Crippen LogP contribution in [0.15, 0.2) is 28.2 Å². The van der Waals surface area contributed by atoms with Gasteiger partial charge < -0.3 is 46.7 Å². The molecule has 5 nitrogen and oxygen atoms in total. The van der Waals surface area contributed by atoms with Crippen molar-refractivity contribution in [3.8, 4) is 0 Å². The topological polar surface area (TPSA) is 56.1 Å². The minimum Gasteiger partial charge on any atom is -1.00 e. The average molecular weight is 580 g/mol. The Morgan fingerprint density at radius 3 is 1.43 bits per heavy atom. The number of hydrogen-bond donors (Lipinski definition) is 0. The van der Waals surface area contributed by atoms with E-state index in [1.807, 2.05) is 18.2 Å². The van der Waals surface area contributed by atoms with Crippen LogP contribution in [0.4, 0.5) is 0 Å². The Morgan fingerprint density at radius 1 is 0.786 bits per heavy atom. The van der Waals surface area contributed by atoms with Gasteiger partial charge in [0.05, 0.1) is 11.1 Å². The first kappa shape index (κ1) is 30.5. The smallest absolute Gasteiger partial charge is 1.00 e. The van der Waals surface area contributed by atoms with Crippen molar-refractivity contribution in [3.05, 3.63) is 29.6 Å². The summed E-state index contributed by atoms with van der Waals surface area (Å²) in [5.74, 6) is 2.04. The molecule has 0 aliphatic carbocycles. The molecule has 1 aromatic heterocycles. The molecular weight excluding hydrogens is 553 g/mol. The molecule has 155 valence electrons. The van der Waals surface area contributed by atoms with Gasteiger partial charge in [0, 0.05) is 0 Å². The minimum atomic E-state index is -0.190. The van der Waals surface area contributed by atoms with E-state index in [0.717, 1.165) is 11.4 Å². The van der Waals surface area contributed by atoms with Crippen LogP contribution in [0.5, 0.6) is 0 Å². The first-order valence-corrected chi connectivity index (χ1v) is 8.67. The predicted molar refractivity (Wildman–Crippen MR) is 95.7 cm³/mol. The van der Waals surface area contributed by atoms with Gasteiger partial charge in [0.25, 0.3) is 0 Å². The second-order valence-electron chi connectivity index (χ2n) is 7.84. The molecule has 0 saturated carbocycles. The number of aromatic nitrogens is 1. The molecule has 9 heteroatoms. The zero-order chi connectivity index (χ0) is 17.5. The maximum absolute atomic E-state index is 5.82. The van der Waals surface area contributed by atoms with Crippen molar-refractivity contribution in [3.63, 3.8) is 0 Å². The zero-order valence-electron chi connectivity index (χ0n) is 17.1. The third-order valence-corrected chi connectivity index (χ3v) is 5.39. The molecule has 2 atom stereocenters. The van der Waals surface area contributed by atoms with Crippen molar-refractivity contribution in [2.75, 3.05) is 13.2 Å². The maximum Gasteiger partial charge on any atom is 3.00 e. The second kappa shape index (κ2) is 11.6. The molecule has 2 aliphatic heterocycles. The van der Waals surface area contributed by atoms with E-state index in [9.17, 15) is 0 Å². The van der Waals surface area contributed by atoms with Crippen molar-refractivity contribution in [2.24, 2.45) is 21.8 Å². The monoisotopic (exact) mass is 576 g/mol. The average Bonchev–Trinajstić information content (AvgIpc) is 3.13. The van der Waals surface area contributed by atoms with Crippen LogP contribution in [-0.2, 0) is 9.47 Å². The van der Waals surface area contributed by atoms with Crippen LogP contribution in [0.25, 0.3) is 0 Å². The van der Waals surface area contributed by atoms with Gasteiger partial charge in [-0.1, -0.05) is 33.8 Å². The van der Waals surface area contributed by atoms with Crippen LogP contribution >= 0.6 is 0 Å². The van der Waals surface area contributed by atoms with Crippen molar-refractivity contribution in [1.29, 1.82) is 0 Å². The van der Waals surface area contributed by atoms with Crippen molar-refractivity contribution in [1.82, 2.24) is 4.98 Å². The maximum atomic E-state index is 5.82.